The zero-order valence-electron chi connectivity index (χ0n) is 9.28. The molecule has 0 bridgehead atoms. The maximum absolute atomic E-state index is 11.8. The third kappa shape index (κ3) is 2.52. The Labute approximate surface area is 103 Å². The van der Waals surface area contributed by atoms with E-state index in [9.17, 15) is 4.79 Å². The van der Waals surface area contributed by atoms with Gasteiger partial charge >= 0.3 is 0 Å². The Bertz CT molecular complexity index is 424. The molecule has 0 saturated carbocycles. The predicted molar refractivity (Wildman–Crippen MR) is 64.5 cm³/mol. The summed E-state index contributed by atoms with van der Waals surface area (Å²) in [6.45, 7) is 3.39. The average molecular weight is 287 g/mol. The summed E-state index contributed by atoms with van der Waals surface area (Å²) in [5.41, 5.74) is -0.00880. The Hall–Kier alpha value is -0.680. The number of aromatic nitrogens is 2. The number of nitrogens with zero attached hydrogens (tertiary/aromatic N) is 2. The summed E-state index contributed by atoms with van der Waals surface area (Å²) >= 11 is 3.21. The van der Waals surface area contributed by atoms with Crippen LogP contribution in [-0.4, -0.2) is 22.3 Å². The maximum Gasteiger partial charge on any atom is 0.267 e. The van der Waals surface area contributed by atoms with Gasteiger partial charge in [0, 0.05) is 19.3 Å². The van der Waals surface area contributed by atoms with Crippen molar-refractivity contribution in [1.82, 2.24) is 9.55 Å². The molecule has 2 heterocycles. The number of rotatable bonds is 3. The van der Waals surface area contributed by atoms with Crippen LogP contribution in [0.25, 0.3) is 0 Å². The van der Waals surface area contributed by atoms with Gasteiger partial charge in [0.25, 0.3) is 5.56 Å². The third-order valence-corrected chi connectivity index (χ3v) is 3.45. The van der Waals surface area contributed by atoms with Crippen molar-refractivity contribution in [3.8, 4) is 0 Å². The van der Waals surface area contributed by atoms with E-state index in [0.29, 0.717) is 17.1 Å². The van der Waals surface area contributed by atoms with Crippen molar-refractivity contribution in [2.45, 2.75) is 38.8 Å². The van der Waals surface area contributed by atoms with Crippen LogP contribution in [0.4, 0.5) is 0 Å². The van der Waals surface area contributed by atoms with Crippen LogP contribution in [0.15, 0.2) is 15.5 Å². The SMILES string of the molecule is Cc1ncc(Br)c(=O)n1CCC1CCCO1. The molecule has 4 nitrogen and oxygen atoms in total. The van der Waals surface area contributed by atoms with Crippen molar-refractivity contribution in [2.75, 3.05) is 6.61 Å². The van der Waals surface area contributed by atoms with Crippen molar-refractivity contribution < 1.29 is 4.74 Å². The number of halogens is 1. The summed E-state index contributed by atoms with van der Waals surface area (Å²) in [4.78, 5) is 16.0. The van der Waals surface area contributed by atoms with E-state index in [1.54, 1.807) is 10.8 Å². The fourth-order valence-electron chi connectivity index (χ4n) is 1.96. The standard InChI is InChI=1S/C11H15BrN2O2/c1-8-13-7-10(12)11(15)14(8)5-4-9-3-2-6-16-9/h7,9H,2-6H2,1H3. The van der Waals surface area contributed by atoms with Crippen molar-refractivity contribution in [3.63, 3.8) is 0 Å². The molecule has 0 N–H and O–H groups in total. The molecule has 2 rings (SSSR count). The summed E-state index contributed by atoms with van der Waals surface area (Å²) in [5.74, 6) is 0.756. The summed E-state index contributed by atoms with van der Waals surface area (Å²) in [6, 6.07) is 0. The van der Waals surface area contributed by atoms with Gasteiger partial charge in [-0.15, -0.1) is 0 Å². The van der Waals surface area contributed by atoms with Gasteiger partial charge in [0.1, 0.15) is 10.3 Å². The average Bonchev–Trinajstić information content (AvgIpc) is 2.77. The highest BCUT2D eigenvalue weighted by atomic mass is 79.9. The molecule has 0 amide bonds. The minimum absolute atomic E-state index is 0.00880. The van der Waals surface area contributed by atoms with Crippen molar-refractivity contribution in [1.29, 1.82) is 0 Å². The number of hydrogen-bond donors (Lipinski definition) is 0. The van der Waals surface area contributed by atoms with Crippen molar-refractivity contribution >= 4 is 15.9 Å². The van der Waals surface area contributed by atoms with Crippen LogP contribution in [0.5, 0.6) is 0 Å². The quantitative estimate of drug-likeness (QED) is 0.852. The fraction of sp³-hybridized carbons (Fsp3) is 0.636. The molecule has 1 atom stereocenters. The van der Waals surface area contributed by atoms with Gasteiger partial charge in [0.15, 0.2) is 0 Å². The predicted octanol–water partition coefficient (Wildman–Crippen LogP) is 1.88. The van der Waals surface area contributed by atoms with Crippen LogP contribution in [-0.2, 0) is 11.3 Å². The first kappa shape index (κ1) is 11.8. The normalized spacial score (nSPS) is 20.2. The number of aryl methyl sites for hydroxylation is 1. The van der Waals surface area contributed by atoms with E-state index in [2.05, 4.69) is 20.9 Å². The Kier molecular flexibility index (Phi) is 3.76. The molecule has 0 aromatic carbocycles. The van der Waals surface area contributed by atoms with Crippen LogP contribution in [0.3, 0.4) is 0 Å². The van der Waals surface area contributed by atoms with E-state index in [4.69, 9.17) is 4.74 Å². The molecule has 1 aromatic rings. The lowest BCUT2D eigenvalue weighted by Crippen LogP contribution is -2.25. The Morgan fingerprint density at radius 2 is 2.50 bits per heavy atom. The van der Waals surface area contributed by atoms with Crippen molar-refractivity contribution in [3.05, 3.63) is 26.8 Å². The van der Waals surface area contributed by atoms with Gasteiger partial charge in [-0.05, 0) is 42.1 Å². The smallest absolute Gasteiger partial charge is 0.267 e. The van der Waals surface area contributed by atoms with Crippen LogP contribution < -0.4 is 5.56 Å². The Morgan fingerprint density at radius 1 is 1.69 bits per heavy atom. The Balaban J connectivity index is 2.08. The van der Waals surface area contributed by atoms with Crippen LogP contribution in [0.2, 0.25) is 0 Å². The zero-order chi connectivity index (χ0) is 11.5. The number of ether oxygens (including phenoxy) is 1. The van der Waals surface area contributed by atoms with E-state index in [1.165, 1.54) is 0 Å². The summed E-state index contributed by atoms with van der Waals surface area (Å²) in [7, 11) is 0. The highest BCUT2D eigenvalue weighted by Crippen LogP contribution is 2.16. The van der Waals surface area contributed by atoms with Crippen LogP contribution >= 0.6 is 15.9 Å². The van der Waals surface area contributed by atoms with Gasteiger partial charge in [-0.3, -0.25) is 9.36 Å². The maximum atomic E-state index is 11.8. The van der Waals surface area contributed by atoms with E-state index in [0.717, 1.165) is 31.7 Å². The summed E-state index contributed by atoms with van der Waals surface area (Å²) < 4.78 is 7.76. The van der Waals surface area contributed by atoms with Gasteiger partial charge in [0.2, 0.25) is 0 Å². The monoisotopic (exact) mass is 286 g/mol. The highest BCUT2D eigenvalue weighted by Gasteiger charge is 2.16. The molecule has 1 saturated heterocycles. The molecule has 1 aromatic heterocycles. The minimum atomic E-state index is -0.00880. The second kappa shape index (κ2) is 5.10. The number of hydrogen-bond acceptors (Lipinski definition) is 3. The molecule has 1 aliphatic heterocycles. The van der Waals surface area contributed by atoms with E-state index >= 15 is 0 Å². The van der Waals surface area contributed by atoms with Crippen molar-refractivity contribution in [2.24, 2.45) is 0 Å². The largest absolute Gasteiger partial charge is 0.378 e. The first-order valence-electron chi connectivity index (χ1n) is 5.52. The zero-order valence-corrected chi connectivity index (χ0v) is 10.9. The Morgan fingerprint density at radius 3 is 3.19 bits per heavy atom. The summed E-state index contributed by atoms with van der Waals surface area (Å²) in [5, 5.41) is 0. The lowest BCUT2D eigenvalue weighted by molar-refractivity contribution is 0.0998. The highest BCUT2D eigenvalue weighted by molar-refractivity contribution is 9.10. The molecule has 0 radical (unpaired) electrons. The molecule has 1 fully saturated rings. The molecule has 16 heavy (non-hydrogen) atoms. The molecule has 5 heteroatoms. The van der Waals surface area contributed by atoms with Gasteiger partial charge < -0.3 is 4.74 Å². The molecule has 0 spiro atoms. The van der Waals surface area contributed by atoms with Gasteiger partial charge in [-0.2, -0.15) is 0 Å². The molecule has 88 valence electrons. The van der Waals surface area contributed by atoms with E-state index in [1.807, 2.05) is 6.92 Å². The second-order valence-corrected chi connectivity index (χ2v) is 4.89. The van der Waals surface area contributed by atoms with E-state index in [-0.39, 0.29) is 5.56 Å². The second-order valence-electron chi connectivity index (χ2n) is 4.03. The molecular weight excluding hydrogens is 272 g/mol. The first-order valence-corrected chi connectivity index (χ1v) is 6.31. The van der Waals surface area contributed by atoms with E-state index < -0.39 is 0 Å². The summed E-state index contributed by atoms with van der Waals surface area (Å²) in [6.07, 6.45) is 4.99. The minimum Gasteiger partial charge on any atom is -0.378 e. The van der Waals surface area contributed by atoms with Gasteiger partial charge in [0.05, 0.1) is 6.10 Å². The molecular formula is C11H15BrN2O2. The topological polar surface area (TPSA) is 44.1 Å². The first-order chi connectivity index (χ1) is 7.68. The fourth-order valence-corrected chi connectivity index (χ4v) is 2.28. The molecule has 1 unspecified atom stereocenters. The lowest BCUT2D eigenvalue weighted by atomic mass is 10.2. The van der Waals surface area contributed by atoms with Gasteiger partial charge in [-0.1, -0.05) is 0 Å². The van der Waals surface area contributed by atoms with Gasteiger partial charge in [-0.25, -0.2) is 4.98 Å². The van der Waals surface area contributed by atoms with Crippen LogP contribution in [0, 0.1) is 6.92 Å². The lowest BCUT2D eigenvalue weighted by Gasteiger charge is -2.12. The molecule has 0 aliphatic carbocycles. The molecule has 1 aliphatic rings. The van der Waals surface area contributed by atoms with Crippen LogP contribution in [0.1, 0.15) is 25.1 Å². The third-order valence-electron chi connectivity index (χ3n) is 2.90.